The van der Waals surface area contributed by atoms with Gasteiger partial charge in [-0.25, -0.2) is 0 Å². The van der Waals surface area contributed by atoms with E-state index in [9.17, 15) is 5.11 Å². The van der Waals surface area contributed by atoms with Crippen molar-refractivity contribution in [2.45, 2.75) is 51.0 Å². The molecule has 1 unspecified atom stereocenters. The van der Waals surface area contributed by atoms with Gasteiger partial charge in [0.05, 0.1) is 6.10 Å². The summed E-state index contributed by atoms with van der Waals surface area (Å²) in [7, 11) is 0. The fourth-order valence-electron chi connectivity index (χ4n) is 5.69. The van der Waals surface area contributed by atoms with Crippen LogP contribution in [0.25, 0.3) is 0 Å². The molecule has 2 heteroatoms. The molecule has 4 aliphatic rings. The lowest BCUT2D eigenvalue weighted by Gasteiger charge is -2.58. The second kappa shape index (κ2) is 4.74. The van der Waals surface area contributed by atoms with Crippen LogP contribution in [0.1, 0.15) is 44.1 Å². The van der Waals surface area contributed by atoms with Crippen LogP contribution < -0.4 is 0 Å². The third kappa shape index (κ3) is 2.19. The van der Waals surface area contributed by atoms with Gasteiger partial charge in [-0.1, -0.05) is 23.7 Å². The van der Waals surface area contributed by atoms with Gasteiger partial charge in [0.2, 0.25) is 0 Å². The number of hydrogen-bond donors (Lipinski definition) is 1. The van der Waals surface area contributed by atoms with Gasteiger partial charge >= 0.3 is 0 Å². The van der Waals surface area contributed by atoms with E-state index in [2.05, 4.69) is 6.07 Å². The van der Waals surface area contributed by atoms with E-state index in [1.165, 1.54) is 44.1 Å². The van der Waals surface area contributed by atoms with Gasteiger partial charge in [-0.15, -0.1) is 0 Å². The summed E-state index contributed by atoms with van der Waals surface area (Å²) in [5.74, 6) is 2.70. The maximum absolute atomic E-state index is 10.9. The molecule has 1 aromatic rings. The van der Waals surface area contributed by atoms with Gasteiger partial charge in [-0.2, -0.15) is 0 Å². The molecule has 0 aromatic heterocycles. The minimum Gasteiger partial charge on any atom is -0.392 e. The second-order valence-corrected chi connectivity index (χ2v) is 8.07. The molecule has 4 aliphatic carbocycles. The van der Waals surface area contributed by atoms with Crippen molar-refractivity contribution in [1.29, 1.82) is 0 Å². The Bertz CT molecular complexity index is 475. The van der Waals surface area contributed by atoms with E-state index in [-0.39, 0.29) is 11.5 Å². The van der Waals surface area contributed by atoms with Gasteiger partial charge in [0.15, 0.2) is 0 Å². The molecule has 1 N–H and O–H groups in total. The number of rotatable bonds is 3. The Morgan fingerprint density at radius 2 is 1.70 bits per heavy atom. The van der Waals surface area contributed by atoms with Crippen LogP contribution in [-0.2, 0) is 6.42 Å². The van der Waals surface area contributed by atoms with Crippen molar-refractivity contribution in [2.24, 2.45) is 23.2 Å². The topological polar surface area (TPSA) is 20.2 Å². The average Bonchev–Trinajstić information content (AvgIpc) is 2.37. The molecule has 4 saturated carbocycles. The van der Waals surface area contributed by atoms with Crippen LogP contribution in [0.5, 0.6) is 0 Å². The summed E-state index contributed by atoms with van der Waals surface area (Å²) < 4.78 is 0. The molecule has 0 aliphatic heterocycles. The van der Waals surface area contributed by atoms with Crippen LogP contribution in [0.4, 0.5) is 0 Å². The van der Waals surface area contributed by atoms with E-state index in [0.717, 1.165) is 29.2 Å². The summed E-state index contributed by atoms with van der Waals surface area (Å²) >= 11 is 6.07. The van der Waals surface area contributed by atoms with E-state index in [0.29, 0.717) is 0 Å². The Morgan fingerprint density at radius 3 is 2.25 bits per heavy atom. The lowest BCUT2D eigenvalue weighted by molar-refractivity contribution is -0.119. The highest BCUT2D eigenvalue weighted by molar-refractivity contribution is 6.30. The van der Waals surface area contributed by atoms with E-state index in [1.807, 2.05) is 18.2 Å². The van der Waals surface area contributed by atoms with Crippen LogP contribution in [0, 0.1) is 23.2 Å². The highest BCUT2D eigenvalue weighted by atomic mass is 35.5. The van der Waals surface area contributed by atoms with Gasteiger partial charge in [-0.05, 0) is 85.8 Å². The zero-order valence-electron chi connectivity index (χ0n) is 11.9. The lowest BCUT2D eigenvalue weighted by Crippen LogP contribution is -2.52. The minimum absolute atomic E-state index is 0.186. The molecule has 1 atom stereocenters. The maximum atomic E-state index is 10.9. The Kier molecular flexibility index (Phi) is 3.12. The quantitative estimate of drug-likeness (QED) is 0.871. The molecular formula is C18H23ClO. The first-order valence-electron chi connectivity index (χ1n) is 8.05. The van der Waals surface area contributed by atoms with Crippen molar-refractivity contribution in [3.8, 4) is 0 Å². The first-order valence-corrected chi connectivity index (χ1v) is 8.43. The van der Waals surface area contributed by atoms with Crippen molar-refractivity contribution >= 4 is 11.6 Å². The molecule has 1 nitrogen and oxygen atoms in total. The molecule has 0 saturated heterocycles. The third-order valence-corrected chi connectivity index (χ3v) is 6.35. The molecule has 0 radical (unpaired) electrons. The molecule has 4 fully saturated rings. The van der Waals surface area contributed by atoms with Gasteiger partial charge in [0.25, 0.3) is 0 Å². The fraction of sp³-hybridized carbons (Fsp3) is 0.667. The van der Waals surface area contributed by atoms with Crippen molar-refractivity contribution in [3.05, 3.63) is 34.9 Å². The molecule has 1 aromatic carbocycles. The van der Waals surface area contributed by atoms with Crippen molar-refractivity contribution < 1.29 is 5.11 Å². The summed E-state index contributed by atoms with van der Waals surface area (Å²) in [5.41, 5.74) is 1.40. The number of hydrogen-bond acceptors (Lipinski definition) is 1. The fourth-order valence-corrected chi connectivity index (χ4v) is 5.90. The first kappa shape index (κ1) is 13.2. The van der Waals surface area contributed by atoms with Gasteiger partial charge in [0.1, 0.15) is 0 Å². The second-order valence-electron chi connectivity index (χ2n) is 7.63. The SMILES string of the molecule is OC(Cc1cccc(Cl)c1)C12CC3CC(CC(C3)C1)C2. The minimum atomic E-state index is -0.186. The molecule has 4 bridgehead atoms. The standard InChI is InChI=1S/C18H23ClO/c19-16-3-1-2-12(7-16)8-17(20)18-9-13-4-14(10-18)6-15(5-13)11-18/h1-3,7,13-15,17,20H,4-6,8-11H2. The summed E-state index contributed by atoms with van der Waals surface area (Å²) in [4.78, 5) is 0. The molecule has 0 amide bonds. The van der Waals surface area contributed by atoms with Crippen LogP contribution in [-0.4, -0.2) is 11.2 Å². The average molecular weight is 291 g/mol. The number of aliphatic hydroxyl groups excluding tert-OH is 1. The number of benzene rings is 1. The predicted octanol–water partition coefficient (Wildman–Crippen LogP) is 4.46. The molecule has 108 valence electrons. The highest BCUT2D eigenvalue weighted by Gasteiger charge is 2.53. The van der Waals surface area contributed by atoms with Crippen molar-refractivity contribution in [1.82, 2.24) is 0 Å². The van der Waals surface area contributed by atoms with Gasteiger partial charge in [0, 0.05) is 5.02 Å². The number of halogens is 1. The van der Waals surface area contributed by atoms with Crippen LogP contribution in [0.2, 0.25) is 5.02 Å². The monoisotopic (exact) mass is 290 g/mol. The predicted molar refractivity (Wildman–Crippen MR) is 81.8 cm³/mol. The molecular weight excluding hydrogens is 268 g/mol. The van der Waals surface area contributed by atoms with E-state index < -0.39 is 0 Å². The van der Waals surface area contributed by atoms with Crippen LogP contribution >= 0.6 is 11.6 Å². The molecule has 0 heterocycles. The van der Waals surface area contributed by atoms with Crippen molar-refractivity contribution in [2.75, 3.05) is 0 Å². The first-order chi connectivity index (χ1) is 9.63. The molecule has 5 rings (SSSR count). The highest BCUT2D eigenvalue weighted by Crippen LogP contribution is 2.61. The maximum Gasteiger partial charge on any atom is 0.0637 e. The Labute approximate surface area is 126 Å². The summed E-state index contributed by atoms with van der Waals surface area (Å²) in [6, 6.07) is 7.99. The third-order valence-electron chi connectivity index (χ3n) is 6.11. The summed E-state index contributed by atoms with van der Waals surface area (Å²) in [5, 5.41) is 11.7. The molecule has 0 spiro atoms. The Morgan fingerprint density at radius 1 is 1.10 bits per heavy atom. The van der Waals surface area contributed by atoms with E-state index >= 15 is 0 Å². The zero-order chi connectivity index (χ0) is 13.7. The van der Waals surface area contributed by atoms with E-state index in [1.54, 1.807) is 0 Å². The summed E-state index contributed by atoms with van der Waals surface area (Å²) in [6.45, 7) is 0. The normalized spacial score (nSPS) is 40.0. The van der Waals surface area contributed by atoms with Gasteiger partial charge < -0.3 is 5.11 Å². The van der Waals surface area contributed by atoms with Crippen LogP contribution in [0.3, 0.4) is 0 Å². The van der Waals surface area contributed by atoms with E-state index in [4.69, 9.17) is 11.6 Å². The van der Waals surface area contributed by atoms with Gasteiger partial charge in [-0.3, -0.25) is 0 Å². The Hall–Kier alpha value is -0.530. The zero-order valence-corrected chi connectivity index (χ0v) is 12.6. The van der Waals surface area contributed by atoms with Crippen molar-refractivity contribution in [3.63, 3.8) is 0 Å². The summed E-state index contributed by atoms with van der Waals surface area (Å²) in [6.07, 6.45) is 8.68. The Balaban J connectivity index is 1.54. The smallest absolute Gasteiger partial charge is 0.0637 e. The van der Waals surface area contributed by atoms with Crippen LogP contribution in [0.15, 0.2) is 24.3 Å². The lowest BCUT2D eigenvalue weighted by atomic mass is 9.48. The largest absolute Gasteiger partial charge is 0.392 e. The number of aliphatic hydroxyl groups is 1. The molecule has 20 heavy (non-hydrogen) atoms.